The van der Waals surface area contributed by atoms with Gasteiger partial charge in [-0.25, -0.2) is 4.39 Å². The summed E-state index contributed by atoms with van der Waals surface area (Å²) in [6.45, 7) is 3.74. The molecule has 0 saturated heterocycles. The summed E-state index contributed by atoms with van der Waals surface area (Å²) in [5, 5.41) is 2.14. The van der Waals surface area contributed by atoms with Crippen molar-refractivity contribution in [3.8, 4) is 0 Å². The van der Waals surface area contributed by atoms with Crippen LogP contribution in [0.3, 0.4) is 0 Å². The zero-order valence-electron chi connectivity index (χ0n) is 11.6. The standard InChI is InChI=1S/C16H19FN2S/c1-11(18)9-13-14(17)3-2-4-15(13)19-7-5-16-12(10-19)6-8-20-16/h2-4,6,8,11H,5,7,9-10,18H2,1H3. The average Bonchev–Trinajstić information content (AvgIpc) is 2.88. The Kier molecular flexibility index (Phi) is 3.76. The largest absolute Gasteiger partial charge is 0.366 e. The molecular formula is C16H19FN2S. The number of thiophene rings is 1. The normalized spacial score (nSPS) is 16.1. The highest BCUT2D eigenvalue weighted by atomic mass is 32.1. The molecular weight excluding hydrogens is 271 g/mol. The maximum atomic E-state index is 14.1. The highest BCUT2D eigenvalue weighted by molar-refractivity contribution is 7.10. The second-order valence-corrected chi connectivity index (χ2v) is 6.46. The van der Waals surface area contributed by atoms with E-state index in [1.165, 1.54) is 16.5 Å². The summed E-state index contributed by atoms with van der Waals surface area (Å²) >= 11 is 1.82. The van der Waals surface area contributed by atoms with Crippen molar-refractivity contribution in [3.05, 3.63) is 51.5 Å². The van der Waals surface area contributed by atoms with Crippen molar-refractivity contribution < 1.29 is 4.39 Å². The van der Waals surface area contributed by atoms with E-state index in [1.807, 2.05) is 24.3 Å². The Labute approximate surface area is 123 Å². The van der Waals surface area contributed by atoms with Gasteiger partial charge in [-0.2, -0.15) is 0 Å². The summed E-state index contributed by atoms with van der Waals surface area (Å²) in [7, 11) is 0. The fourth-order valence-corrected chi connectivity index (χ4v) is 3.71. The molecule has 0 radical (unpaired) electrons. The molecule has 2 heterocycles. The Morgan fingerprint density at radius 1 is 1.40 bits per heavy atom. The first-order valence-corrected chi connectivity index (χ1v) is 7.86. The molecule has 1 aromatic carbocycles. The Hall–Kier alpha value is -1.39. The monoisotopic (exact) mass is 290 g/mol. The lowest BCUT2D eigenvalue weighted by molar-refractivity contribution is 0.592. The molecule has 4 heteroatoms. The lowest BCUT2D eigenvalue weighted by atomic mass is 10.0. The first kappa shape index (κ1) is 13.6. The van der Waals surface area contributed by atoms with E-state index in [2.05, 4.69) is 16.3 Å². The van der Waals surface area contributed by atoms with Gasteiger partial charge in [-0.1, -0.05) is 6.07 Å². The van der Waals surface area contributed by atoms with E-state index in [-0.39, 0.29) is 11.9 Å². The van der Waals surface area contributed by atoms with Gasteiger partial charge in [0.15, 0.2) is 0 Å². The number of hydrogen-bond donors (Lipinski definition) is 1. The second-order valence-electron chi connectivity index (χ2n) is 5.46. The zero-order valence-corrected chi connectivity index (χ0v) is 12.4. The van der Waals surface area contributed by atoms with Gasteiger partial charge in [0.1, 0.15) is 5.82 Å². The summed E-state index contributed by atoms with van der Waals surface area (Å²) in [6, 6.07) is 7.47. The predicted molar refractivity (Wildman–Crippen MR) is 82.8 cm³/mol. The van der Waals surface area contributed by atoms with Crippen LogP contribution in [-0.2, 0) is 19.4 Å². The van der Waals surface area contributed by atoms with E-state index in [0.29, 0.717) is 6.42 Å². The zero-order chi connectivity index (χ0) is 14.1. The second kappa shape index (κ2) is 5.54. The van der Waals surface area contributed by atoms with Gasteiger partial charge in [-0.15, -0.1) is 11.3 Å². The summed E-state index contributed by atoms with van der Waals surface area (Å²) in [6.07, 6.45) is 1.62. The lowest BCUT2D eigenvalue weighted by Crippen LogP contribution is -2.31. The number of nitrogens with zero attached hydrogens (tertiary/aromatic N) is 1. The van der Waals surface area contributed by atoms with Crippen molar-refractivity contribution in [2.24, 2.45) is 5.73 Å². The number of nitrogens with two attached hydrogens (primary N) is 1. The molecule has 3 rings (SSSR count). The summed E-state index contributed by atoms with van der Waals surface area (Å²) in [4.78, 5) is 3.74. The molecule has 0 spiro atoms. The maximum absolute atomic E-state index is 14.1. The van der Waals surface area contributed by atoms with Crippen molar-refractivity contribution in [3.63, 3.8) is 0 Å². The summed E-state index contributed by atoms with van der Waals surface area (Å²) in [5.74, 6) is -0.143. The molecule has 1 aliphatic rings. The van der Waals surface area contributed by atoms with E-state index in [9.17, 15) is 4.39 Å². The highest BCUT2D eigenvalue weighted by Gasteiger charge is 2.21. The maximum Gasteiger partial charge on any atom is 0.128 e. The van der Waals surface area contributed by atoms with Crippen LogP contribution in [0, 0.1) is 5.82 Å². The molecule has 0 aliphatic carbocycles. The number of fused-ring (bicyclic) bond motifs is 1. The van der Waals surface area contributed by atoms with Gasteiger partial charge >= 0.3 is 0 Å². The van der Waals surface area contributed by atoms with Crippen molar-refractivity contribution in [2.75, 3.05) is 11.4 Å². The van der Waals surface area contributed by atoms with Gasteiger partial charge in [-0.05, 0) is 48.9 Å². The quantitative estimate of drug-likeness (QED) is 0.939. The van der Waals surface area contributed by atoms with Gasteiger partial charge in [0.2, 0.25) is 0 Å². The summed E-state index contributed by atoms with van der Waals surface area (Å²) < 4.78 is 14.1. The number of anilines is 1. The van der Waals surface area contributed by atoms with Crippen LogP contribution in [0.15, 0.2) is 29.6 Å². The van der Waals surface area contributed by atoms with Crippen LogP contribution in [0.1, 0.15) is 22.9 Å². The van der Waals surface area contributed by atoms with E-state index in [0.717, 1.165) is 30.8 Å². The molecule has 20 heavy (non-hydrogen) atoms. The van der Waals surface area contributed by atoms with Gasteiger partial charge in [-0.3, -0.25) is 0 Å². The average molecular weight is 290 g/mol. The molecule has 106 valence electrons. The first-order valence-electron chi connectivity index (χ1n) is 6.98. The van der Waals surface area contributed by atoms with Gasteiger partial charge in [0.05, 0.1) is 0 Å². The minimum atomic E-state index is -0.143. The smallest absolute Gasteiger partial charge is 0.128 e. The van der Waals surface area contributed by atoms with Gasteiger partial charge < -0.3 is 10.6 Å². The Bertz CT molecular complexity index is 606. The van der Waals surface area contributed by atoms with Crippen molar-refractivity contribution in [1.29, 1.82) is 0 Å². The number of hydrogen-bond acceptors (Lipinski definition) is 3. The SMILES string of the molecule is CC(N)Cc1c(F)cccc1N1CCc2sccc2C1. The van der Waals surface area contributed by atoms with Crippen molar-refractivity contribution >= 4 is 17.0 Å². The van der Waals surface area contributed by atoms with Crippen molar-refractivity contribution in [2.45, 2.75) is 32.4 Å². The molecule has 0 saturated carbocycles. The van der Waals surface area contributed by atoms with Crippen molar-refractivity contribution in [1.82, 2.24) is 0 Å². The van der Waals surface area contributed by atoms with E-state index < -0.39 is 0 Å². The van der Waals surface area contributed by atoms with Crippen LogP contribution in [-0.4, -0.2) is 12.6 Å². The molecule has 0 fully saturated rings. The van der Waals surface area contributed by atoms with E-state index in [1.54, 1.807) is 6.07 Å². The number of halogens is 1. The van der Waals surface area contributed by atoms with Crippen LogP contribution in [0.5, 0.6) is 0 Å². The van der Waals surface area contributed by atoms with Crippen LogP contribution in [0.4, 0.5) is 10.1 Å². The fraction of sp³-hybridized carbons (Fsp3) is 0.375. The molecule has 2 N–H and O–H groups in total. The van der Waals surface area contributed by atoms with Gasteiger partial charge in [0, 0.05) is 35.3 Å². The molecule has 1 aromatic heterocycles. The fourth-order valence-electron chi connectivity index (χ4n) is 2.82. The number of benzene rings is 1. The minimum Gasteiger partial charge on any atom is -0.366 e. The molecule has 1 unspecified atom stereocenters. The Balaban J connectivity index is 1.93. The number of rotatable bonds is 3. The lowest BCUT2D eigenvalue weighted by Gasteiger charge is -2.31. The van der Waals surface area contributed by atoms with E-state index in [4.69, 9.17) is 5.73 Å². The molecule has 1 atom stereocenters. The van der Waals surface area contributed by atoms with E-state index >= 15 is 0 Å². The van der Waals surface area contributed by atoms with Crippen LogP contribution >= 0.6 is 11.3 Å². The molecule has 2 nitrogen and oxygen atoms in total. The van der Waals surface area contributed by atoms with Gasteiger partial charge in [0.25, 0.3) is 0 Å². The third-order valence-electron chi connectivity index (χ3n) is 3.77. The third-order valence-corrected chi connectivity index (χ3v) is 4.79. The minimum absolute atomic E-state index is 0.0350. The highest BCUT2D eigenvalue weighted by Crippen LogP contribution is 2.31. The van der Waals surface area contributed by atoms with Crippen LogP contribution in [0.25, 0.3) is 0 Å². The first-order chi connectivity index (χ1) is 9.65. The topological polar surface area (TPSA) is 29.3 Å². The van der Waals surface area contributed by atoms with Crippen LogP contribution in [0.2, 0.25) is 0 Å². The summed E-state index contributed by atoms with van der Waals surface area (Å²) in [5.41, 5.74) is 8.99. The molecule has 0 bridgehead atoms. The molecule has 2 aromatic rings. The Morgan fingerprint density at radius 2 is 2.25 bits per heavy atom. The van der Waals surface area contributed by atoms with Crippen LogP contribution < -0.4 is 10.6 Å². The molecule has 1 aliphatic heterocycles. The molecule has 0 amide bonds. The third kappa shape index (κ3) is 2.58. The Morgan fingerprint density at radius 3 is 3.05 bits per heavy atom. The predicted octanol–water partition coefficient (Wildman–Crippen LogP) is 3.34.